The molecule has 0 aliphatic carbocycles. The minimum atomic E-state index is -4.57. The number of benzene rings is 1. The highest BCUT2D eigenvalue weighted by Crippen LogP contribution is 2.53. The number of pyridine rings is 1. The second kappa shape index (κ2) is 6.28. The van der Waals surface area contributed by atoms with Crippen LogP contribution in [-0.4, -0.2) is 18.0 Å². The van der Waals surface area contributed by atoms with Gasteiger partial charge in [-0.05, 0) is 30.3 Å². The van der Waals surface area contributed by atoms with Crippen LogP contribution in [0.3, 0.4) is 0 Å². The minimum absolute atomic E-state index is 0.0633. The second-order valence-corrected chi connectivity index (χ2v) is 7.73. The van der Waals surface area contributed by atoms with Crippen molar-refractivity contribution < 1.29 is 27.1 Å². The SMILES string of the molecule is COc1ccc2c(n1)C1C(=O)N(Cc3ccc(C(F)(F)F)o3)c3cccc(c31)S2. The first kappa shape index (κ1) is 18.1. The molecule has 2 aliphatic heterocycles. The van der Waals surface area contributed by atoms with Crippen molar-refractivity contribution in [1.29, 1.82) is 0 Å². The summed E-state index contributed by atoms with van der Waals surface area (Å²) in [4.78, 5) is 21.0. The lowest BCUT2D eigenvalue weighted by atomic mass is 9.96. The lowest BCUT2D eigenvalue weighted by Crippen LogP contribution is -2.29. The predicted octanol–water partition coefficient (Wildman–Crippen LogP) is 4.85. The zero-order chi connectivity index (χ0) is 20.3. The average Bonchev–Trinajstić information content (AvgIpc) is 3.28. The van der Waals surface area contributed by atoms with Gasteiger partial charge in [0.2, 0.25) is 17.5 Å². The Morgan fingerprint density at radius 2 is 2.00 bits per heavy atom. The average molecular weight is 418 g/mol. The van der Waals surface area contributed by atoms with Gasteiger partial charge in [0, 0.05) is 27.1 Å². The summed E-state index contributed by atoms with van der Waals surface area (Å²) in [6.45, 7) is -0.0914. The molecule has 0 spiro atoms. The molecular weight excluding hydrogens is 405 g/mol. The molecule has 0 saturated carbocycles. The van der Waals surface area contributed by atoms with Crippen molar-refractivity contribution in [1.82, 2.24) is 4.98 Å². The van der Waals surface area contributed by atoms with Crippen LogP contribution in [0.25, 0.3) is 0 Å². The van der Waals surface area contributed by atoms with Crippen LogP contribution in [0, 0.1) is 0 Å². The van der Waals surface area contributed by atoms with Crippen molar-refractivity contribution in [2.75, 3.05) is 12.0 Å². The Morgan fingerprint density at radius 3 is 2.72 bits per heavy atom. The van der Waals surface area contributed by atoms with E-state index in [0.717, 1.165) is 21.4 Å². The number of rotatable bonds is 3. The highest BCUT2D eigenvalue weighted by Gasteiger charge is 2.45. The summed E-state index contributed by atoms with van der Waals surface area (Å²) in [7, 11) is 1.50. The van der Waals surface area contributed by atoms with Crippen molar-refractivity contribution in [2.45, 2.75) is 28.4 Å². The van der Waals surface area contributed by atoms with Gasteiger partial charge in [-0.25, -0.2) is 4.98 Å². The Labute approximate surface area is 167 Å². The fraction of sp³-hybridized carbons (Fsp3) is 0.200. The number of carbonyl (C=O) groups is 1. The zero-order valence-electron chi connectivity index (χ0n) is 15.0. The molecule has 0 saturated heterocycles. The first-order chi connectivity index (χ1) is 13.9. The number of fused-ring (bicyclic) bond motifs is 2. The molecule has 5 rings (SSSR count). The van der Waals surface area contributed by atoms with Crippen molar-refractivity contribution in [3.8, 4) is 5.88 Å². The highest BCUT2D eigenvalue weighted by atomic mass is 32.2. The molecule has 1 aromatic carbocycles. The number of methoxy groups -OCH3 is 1. The van der Waals surface area contributed by atoms with Crippen LogP contribution in [0.5, 0.6) is 5.88 Å². The van der Waals surface area contributed by atoms with Crippen LogP contribution in [-0.2, 0) is 17.5 Å². The van der Waals surface area contributed by atoms with Crippen LogP contribution >= 0.6 is 11.8 Å². The molecule has 0 radical (unpaired) electrons. The summed E-state index contributed by atoms with van der Waals surface area (Å²) in [6, 6.07) is 11.3. The Hall–Kier alpha value is -2.94. The van der Waals surface area contributed by atoms with E-state index in [4.69, 9.17) is 9.15 Å². The maximum Gasteiger partial charge on any atom is 0.449 e. The first-order valence-electron chi connectivity index (χ1n) is 8.70. The molecule has 2 aromatic heterocycles. The van der Waals surface area contributed by atoms with E-state index in [1.165, 1.54) is 29.8 Å². The van der Waals surface area contributed by atoms with E-state index in [-0.39, 0.29) is 18.2 Å². The van der Waals surface area contributed by atoms with Gasteiger partial charge in [-0.1, -0.05) is 17.8 Å². The van der Waals surface area contributed by atoms with E-state index >= 15 is 0 Å². The third-order valence-corrected chi connectivity index (χ3v) is 6.09. The number of anilines is 1. The summed E-state index contributed by atoms with van der Waals surface area (Å²) in [5, 5.41) is 0. The van der Waals surface area contributed by atoms with Gasteiger partial charge in [0.1, 0.15) is 11.7 Å². The molecule has 1 amide bonds. The second-order valence-electron chi connectivity index (χ2n) is 6.65. The minimum Gasteiger partial charge on any atom is -0.481 e. The maximum atomic E-state index is 13.3. The van der Waals surface area contributed by atoms with Gasteiger partial charge < -0.3 is 14.1 Å². The topological polar surface area (TPSA) is 55.6 Å². The van der Waals surface area contributed by atoms with Crippen LogP contribution in [0.4, 0.5) is 18.9 Å². The zero-order valence-corrected chi connectivity index (χ0v) is 15.8. The largest absolute Gasteiger partial charge is 0.481 e. The number of halogens is 3. The monoisotopic (exact) mass is 418 g/mol. The molecule has 2 aliphatic rings. The van der Waals surface area contributed by atoms with E-state index in [1.54, 1.807) is 12.1 Å². The molecule has 5 nitrogen and oxygen atoms in total. The van der Waals surface area contributed by atoms with Gasteiger partial charge in [0.15, 0.2) is 0 Å². The number of nitrogens with zero attached hydrogens (tertiary/aromatic N) is 2. The lowest BCUT2D eigenvalue weighted by Gasteiger charge is -2.21. The molecule has 148 valence electrons. The van der Waals surface area contributed by atoms with Crippen molar-refractivity contribution >= 4 is 23.4 Å². The van der Waals surface area contributed by atoms with E-state index in [9.17, 15) is 18.0 Å². The summed E-state index contributed by atoms with van der Waals surface area (Å²) in [5.41, 5.74) is 2.07. The fourth-order valence-electron chi connectivity index (χ4n) is 3.70. The smallest absolute Gasteiger partial charge is 0.449 e. The number of carbonyl (C=O) groups excluding carboxylic acids is 1. The molecule has 0 fully saturated rings. The first-order valence-corrected chi connectivity index (χ1v) is 9.51. The van der Waals surface area contributed by atoms with E-state index in [2.05, 4.69) is 4.98 Å². The maximum absolute atomic E-state index is 13.3. The molecule has 9 heteroatoms. The third kappa shape index (κ3) is 2.79. The third-order valence-electron chi connectivity index (χ3n) is 4.95. The van der Waals surface area contributed by atoms with Gasteiger partial charge in [-0.15, -0.1) is 0 Å². The Balaban J connectivity index is 1.57. The van der Waals surface area contributed by atoms with Gasteiger partial charge in [0.25, 0.3) is 0 Å². The molecule has 0 bridgehead atoms. The quantitative estimate of drug-likeness (QED) is 0.609. The summed E-state index contributed by atoms with van der Waals surface area (Å²) < 4.78 is 48.7. The number of aromatic nitrogens is 1. The number of hydrogen-bond acceptors (Lipinski definition) is 5. The van der Waals surface area contributed by atoms with E-state index in [0.29, 0.717) is 17.3 Å². The van der Waals surface area contributed by atoms with Gasteiger partial charge in [-0.3, -0.25) is 4.79 Å². The molecule has 1 unspecified atom stereocenters. The predicted molar refractivity (Wildman–Crippen MR) is 98.1 cm³/mol. The van der Waals surface area contributed by atoms with E-state index in [1.807, 2.05) is 18.2 Å². The van der Waals surface area contributed by atoms with Crippen LogP contribution < -0.4 is 9.64 Å². The Bertz CT molecular complexity index is 1140. The summed E-state index contributed by atoms with van der Waals surface area (Å²) in [6.07, 6.45) is -4.57. The number of alkyl halides is 3. The lowest BCUT2D eigenvalue weighted by molar-refractivity contribution is -0.153. The van der Waals surface area contributed by atoms with Crippen LogP contribution in [0.1, 0.15) is 28.7 Å². The molecule has 29 heavy (non-hydrogen) atoms. The van der Waals surface area contributed by atoms with Gasteiger partial charge in [0.05, 0.1) is 19.3 Å². The van der Waals surface area contributed by atoms with Crippen LogP contribution in [0.2, 0.25) is 0 Å². The fourth-order valence-corrected chi connectivity index (χ4v) is 4.82. The van der Waals surface area contributed by atoms with Crippen molar-refractivity contribution in [3.63, 3.8) is 0 Å². The van der Waals surface area contributed by atoms with Gasteiger partial charge in [-0.2, -0.15) is 13.2 Å². The molecule has 4 heterocycles. The Kier molecular flexibility index (Phi) is 3.92. The number of amides is 1. The van der Waals surface area contributed by atoms with E-state index < -0.39 is 17.9 Å². The molecule has 3 aromatic rings. The standard InChI is InChI=1S/C20H13F3N2O3S/c1-27-15-8-6-13-18(24-15)17-16-11(3-2-4-12(16)29-13)25(19(17)26)9-10-5-7-14(28-10)20(21,22)23/h2-8,17H,9H2,1H3. The summed E-state index contributed by atoms with van der Waals surface area (Å²) >= 11 is 1.51. The van der Waals surface area contributed by atoms with Gasteiger partial charge >= 0.3 is 6.18 Å². The number of hydrogen-bond donors (Lipinski definition) is 0. The number of ether oxygens (including phenoxy) is 1. The van der Waals surface area contributed by atoms with Crippen molar-refractivity contribution in [3.05, 3.63) is 65.2 Å². The normalized spacial score (nSPS) is 17.3. The molecule has 1 atom stereocenters. The van der Waals surface area contributed by atoms with Crippen LogP contribution in [0.15, 0.2) is 56.7 Å². The highest BCUT2D eigenvalue weighted by molar-refractivity contribution is 7.99. The summed E-state index contributed by atoms with van der Waals surface area (Å²) in [5.74, 6) is -1.49. The molecule has 0 N–H and O–H groups in total. The Morgan fingerprint density at radius 1 is 1.17 bits per heavy atom. The van der Waals surface area contributed by atoms with Crippen molar-refractivity contribution in [2.24, 2.45) is 0 Å². The molecular formula is C20H13F3N2O3S. The number of furan rings is 1.